The summed E-state index contributed by atoms with van der Waals surface area (Å²) in [6.45, 7) is 12.2. The topological polar surface area (TPSA) is 47.6 Å². The van der Waals surface area contributed by atoms with Crippen LogP contribution in [-0.2, 0) is 20.5 Å². The van der Waals surface area contributed by atoms with Crippen LogP contribution < -0.4 is 5.32 Å². The second-order valence-corrected chi connectivity index (χ2v) is 12.6. The van der Waals surface area contributed by atoms with Crippen molar-refractivity contribution in [2.75, 3.05) is 6.61 Å². The van der Waals surface area contributed by atoms with Gasteiger partial charge in [0.2, 0.25) is 0 Å². The second kappa shape index (κ2) is 7.63. The molecule has 0 unspecified atom stereocenters. The van der Waals surface area contributed by atoms with Crippen LogP contribution >= 0.6 is 0 Å². The van der Waals surface area contributed by atoms with Gasteiger partial charge < -0.3 is 14.5 Å². The van der Waals surface area contributed by atoms with E-state index in [-0.39, 0.29) is 23.2 Å². The highest BCUT2D eigenvalue weighted by Crippen LogP contribution is 2.36. The van der Waals surface area contributed by atoms with E-state index in [9.17, 15) is 4.79 Å². The number of carbonyl (C=O) groups is 1. The van der Waals surface area contributed by atoms with Gasteiger partial charge in [-0.2, -0.15) is 0 Å². The Kier molecular flexibility index (Phi) is 6.01. The van der Waals surface area contributed by atoms with E-state index in [1.807, 2.05) is 24.3 Å². The molecule has 2 atom stereocenters. The minimum Gasteiger partial charge on any atom is -0.455 e. The summed E-state index contributed by atoms with van der Waals surface area (Å²) in [7, 11) is -1.87. The number of nitrogens with one attached hydrogen (secondary N) is 1. The van der Waals surface area contributed by atoms with Crippen LogP contribution in [0.25, 0.3) is 0 Å². The molecule has 0 amide bonds. The van der Waals surface area contributed by atoms with Gasteiger partial charge in [-0.05, 0) is 23.7 Å². The van der Waals surface area contributed by atoms with E-state index in [1.54, 1.807) is 0 Å². The second-order valence-electron chi connectivity index (χ2n) is 7.80. The van der Waals surface area contributed by atoms with Crippen molar-refractivity contribution in [3.63, 3.8) is 0 Å². The standard InChI is InChI=1S/C19H29NO3Si/c1-19(2,3)24(4,5)22-14-17-16(11-12-18(21)23-17)20-13-15-9-7-6-8-10-15/h6-12,16-17,20H,13-14H2,1-5H3/t16-,17+/m0/s1. The van der Waals surface area contributed by atoms with Crippen molar-refractivity contribution < 1.29 is 14.0 Å². The summed E-state index contributed by atoms with van der Waals surface area (Å²) >= 11 is 0. The minimum absolute atomic E-state index is 0.0346. The number of cyclic esters (lactones) is 1. The Bertz CT molecular complexity index is 578. The maximum absolute atomic E-state index is 11.6. The van der Waals surface area contributed by atoms with E-state index >= 15 is 0 Å². The number of ether oxygens (including phenoxy) is 1. The number of carbonyl (C=O) groups excluding carboxylic acids is 1. The maximum atomic E-state index is 11.6. The average molecular weight is 348 g/mol. The summed E-state index contributed by atoms with van der Waals surface area (Å²) in [5.41, 5.74) is 1.20. The molecule has 0 saturated heterocycles. The van der Waals surface area contributed by atoms with Crippen LogP contribution in [0, 0.1) is 0 Å². The van der Waals surface area contributed by atoms with E-state index in [0.29, 0.717) is 6.61 Å². The van der Waals surface area contributed by atoms with Crippen LogP contribution in [0.4, 0.5) is 0 Å². The molecule has 132 valence electrons. The monoisotopic (exact) mass is 347 g/mol. The van der Waals surface area contributed by atoms with Crippen LogP contribution in [0.1, 0.15) is 26.3 Å². The van der Waals surface area contributed by atoms with Gasteiger partial charge in [-0.1, -0.05) is 57.2 Å². The van der Waals surface area contributed by atoms with Crippen molar-refractivity contribution in [2.45, 2.75) is 57.6 Å². The van der Waals surface area contributed by atoms with Crippen molar-refractivity contribution in [3.8, 4) is 0 Å². The van der Waals surface area contributed by atoms with Gasteiger partial charge in [-0.25, -0.2) is 4.79 Å². The van der Waals surface area contributed by atoms with Crippen LogP contribution in [0.15, 0.2) is 42.5 Å². The molecule has 1 aromatic rings. The van der Waals surface area contributed by atoms with Gasteiger partial charge in [0.1, 0.15) is 6.10 Å². The lowest BCUT2D eigenvalue weighted by Crippen LogP contribution is -2.49. The van der Waals surface area contributed by atoms with Crippen molar-refractivity contribution in [3.05, 3.63) is 48.0 Å². The van der Waals surface area contributed by atoms with Gasteiger partial charge in [0, 0.05) is 12.6 Å². The molecule has 2 rings (SSSR count). The third-order valence-corrected chi connectivity index (χ3v) is 9.41. The normalized spacial score (nSPS) is 21.6. The Balaban J connectivity index is 1.98. The lowest BCUT2D eigenvalue weighted by molar-refractivity contribution is -0.147. The van der Waals surface area contributed by atoms with Crippen molar-refractivity contribution in [1.29, 1.82) is 0 Å². The molecule has 0 aromatic heterocycles. The Morgan fingerprint density at radius 1 is 1.21 bits per heavy atom. The highest BCUT2D eigenvalue weighted by molar-refractivity contribution is 6.74. The SMILES string of the molecule is CC(C)(C)[Si](C)(C)OC[C@H]1OC(=O)C=C[C@@H]1NCc1ccccc1. The first kappa shape index (κ1) is 18.9. The maximum Gasteiger partial charge on any atom is 0.330 e. The van der Waals surface area contributed by atoms with Gasteiger partial charge in [0.05, 0.1) is 12.6 Å². The van der Waals surface area contributed by atoms with Crippen LogP contribution in [0.5, 0.6) is 0 Å². The molecule has 1 aliphatic heterocycles. The van der Waals surface area contributed by atoms with Crippen LogP contribution in [0.2, 0.25) is 18.1 Å². The largest absolute Gasteiger partial charge is 0.455 e. The lowest BCUT2D eigenvalue weighted by atomic mass is 10.1. The average Bonchev–Trinajstić information content (AvgIpc) is 2.52. The molecule has 0 spiro atoms. The number of hydrogen-bond donors (Lipinski definition) is 1. The van der Waals surface area contributed by atoms with E-state index in [2.05, 4.69) is 51.3 Å². The third-order valence-electron chi connectivity index (χ3n) is 4.91. The molecule has 5 heteroatoms. The fraction of sp³-hybridized carbons (Fsp3) is 0.526. The third kappa shape index (κ3) is 5.03. The molecule has 4 nitrogen and oxygen atoms in total. The number of benzene rings is 1. The zero-order chi connectivity index (χ0) is 17.8. The molecule has 0 radical (unpaired) electrons. The van der Waals surface area contributed by atoms with E-state index < -0.39 is 8.32 Å². The molecule has 1 aromatic carbocycles. The van der Waals surface area contributed by atoms with Gasteiger partial charge in [0.15, 0.2) is 8.32 Å². The van der Waals surface area contributed by atoms with Crippen molar-refractivity contribution in [1.82, 2.24) is 5.32 Å². The molecular formula is C19H29NO3Si. The molecule has 1 aliphatic rings. The first-order valence-electron chi connectivity index (χ1n) is 8.49. The van der Waals surface area contributed by atoms with Gasteiger partial charge in [-0.15, -0.1) is 0 Å². The Labute approximate surface area is 146 Å². The smallest absolute Gasteiger partial charge is 0.330 e. The van der Waals surface area contributed by atoms with Gasteiger partial charge in [-0.3, -0.25) is 0 Å². The number of hydrogen-bond acceptors (Lipinski definition) is 4. The fourth-order valence-corrected chi connectivity index (χ4v) is 3.26. The minimum atomic E-state index is -1.87. The molecule has 24 heavy (non-hydrogen) atoms. The predicted octanol–water partition coefficient (Wildman–Crippen LogP) is 3.65. The first-order chi connectivity index (χ1) is 11.2. The molecule has 0 bridgehead atoms. The molecule has 1 heterocycles. The molecular weight excluding hydrogens is 318 g/mol. The number of rotatable bonds is 6. The van der Waals surface area contributed by atoms with Crippen LogP contribution in [0.3, 0.4) is 0 Å². The van der Waals surface area contributed by atoms with E-state index in [0.717, 1.165) is 6.54 Å². The van der Waals surface area contributed by atoms with Crippen molar-refractivity contribution >= 4 is 14.3 Å². The predicted molar refractivity (Wildman–Crippen MR) is 99.2 cm³/mol. The van der Waals surface area contributed by atoms with Crippen LogP contribution in [-0.4, -0.2) is 33.0 Å². The Hall–Kier alpha value is -1.43. The highest BCUT2D eigenvalue weighted by Gasteiger charge is 2.39. The lowest BCUT2D eigenvalue weighted by Gasteiger charge is -2.38. The van der Waals surface area contributed by atoms with Gasteiger partial charge in [0.25, 0.3) is 0 Å². The number of esters is 1. The highest BCUT2D eigenvalue weighted by atomic mass is 28.4. The molecule has 0 fully saturated rings. The Morgan fingerprint density at radius 3 is 2.50 bits per heavy atom. The fourth-order valence-electron chi connectivity index (χ4n) is 2.24. The van der Waals surface area contributed by atoms with E-state index in [4.69, 9.17) is 9.16 Å². The summed E-state index contributed by atoms with van der Waals surface area (Å²) in [5, 5.41) is 3.59. The molecule has 0 aliphatic carbocycles. The van der Waals surface area contributed by atoms with Gasteiger partial charge >= 0.3 is 5.97 Å². The van der Waals surface area contributed by atoms with Crippen molar-refractivity contribution in [2.24, 2.45) is 0 Å². The summed E-state index contributed by atoms with van der Waals surface area (Å²) in [4.78, 5) is 11.6. The first-order valence-corrected chi connectivity index (χ1v) is 11.4. The summed E-state index contributed by atoms with van der Waals surface area (Å²) in [6.07, 6.45) is 3.08. The zero-order valence-electron chi connectivity index (χ0n) is 15.3. The quantitative estimate of drug-likeness (QED) is 0.630. The summed E-state index contributed by atoms with van der Waals surface area (Å²) in [6, 6.07) is 10.2. The zero-order valence-corrected chi connectivity index (χ0v) is 16.3. The Morgan fingerprint density at radius 2 is 1.88 bits per heavy atom. The molecule has 1 N–H and O–H groups in total. The summed E-state index contributed by atoms with van der Waals surface area (Å²) < 4.78 is 11.8. The summed E-state index contributed by atoms with van der Waals surface area (Å²) in [5.74, 6) is -0.295. The van der Waals surface area contributed by atoms with E-state index in [1.165, 1.54) is 11.6 Å². The molecule has 0 saturated carbocycles.